The number of pyridine rings is 1. The van der Waals surface area contributed by atoms with Crippen LogP contribution in [0.5, 0.6) is 17.2 Å². The van der Waals surface area contributed by atoms with Crippen molar-refractivity contribution in [2.45, 2.75) is 18.2 Å². The second kappa shape index (κ2) is 6.96. The van der Waals surface area contributed by atoms with E-state index in [1.165, 1.54) is 43.2 Å². The van der Waals surface area contributed by atoms with E-state index in [0.29, 0.717) is 23.5 Å². The molecule has 0 fully saturated rings. The molecule has 0 N–H and O–H groups in total. The van der Waals surface area contributed by atoms with Crippen LogP contribution in [-0.2, 0) is 23.6 Å². The number of nitrogens with zero attached hydrogens (tertiary/aromatic N) is 1. The number of benzene rings is 1. The van der Waals surface area contributed by atoms with E-state index in [0.717, 1.165) is 6.07 Å². The Bertz CT molecular complexity index is 876. The molecule has 0 atom stereocenters. The highest BCUT2D eigenvalue weighted by Crippen LogP contribution is 2.35. The van der Waals surface area contributed by atoms with E-state index in [1.54, 1.807) is 7.05 Å². The number of rotatable bonds is 6. The van der Waals surface area contributed by atoms with Gasteiger partial charge in [-0.1, -0.05) is 6.92 Å². The van der Waals surface area contributed by atoms with Gasteiger partial charge in [0.15, 0.2) is 11.5 Å². The van der Waals surface area contributed by atoms with Crippen LogP contribution in [0.1, 0.15) is 12.5 Å². The van der Waals surface area contributed by atoms with Crippen molar-refractivity contribution < 1.29 is 22.1 Å². The molecule has 2 rings (SSSR count). The molecule has 1 heterocycles. The smallest absolute Gasteiger partial charge is 0.339 e. The molecule has 0 radical (unpaired) electrons. The van der Waals surface area contributed by atoms with Gasteiger partial charge in [-0.25, -0.2) is 0 Å². The van der Waals surface area contributed by atoms with Gasteiger partial charge in [0.25, 0.3) is 5.56 Å². The largest absolute Gasteiger partial charge is 0.493 e. The van der Waals surface area contributed by atoms with Crippen LogP contribution in [0.4, 0.5) is 0 Å². The van der Waals surface area contributed by atoms with E-state index in [4.69, 9.17) is 13.7 Å². The number of hydrogen-bond donors (Lipinski definition) is 0. The normalized spacial score (nSPS) is 11.2. The quantitative estimate of drug-likeness (QED) is 0.736. The monoisotopic (exact) mass is 353 g/mol. The zero-order chi connectivity index (χ0) is 17.9. The fourth-order valence-corrected chi connectivity index (χ4v) is 3.17. The summed E-state index contributed by atoms with van der Waals surface area (Å²) < 4.78 is 41.9. The van der Waals surface area contributed by atoms with Crippen LogP contribution < -0.4 is 19.2 Å². The predicted octanol–water partition coefficient (Wildman–Crippen LogP) is 1.73. The minimum Gasteiger partial charge on any atom is -0.493 e. The first kappa shape index (κ1) is 17.9. The Morgan fingerprint density at radius 3 is 2.38 bits per heavy atom. The molecule has 0 aliphatic carbocycles. The van der Waals surface area contributed by atoms with Gasteiger partial charge >= 0.3 is 10.1 Å². The van der Waals surface area contributed by atoms with Crippen LogP contribution in [0.2, 0.25) is 0 Å². The van der Waals surface area contributed by atoms with Crippen molar-refractivity contribution in [1.82, 2.24) is 4.57 Å². The molecule has 0 saturated carbocycles. The molecule has 0 spiro atoms. The van der Waals surface area contributed by atoms with Crippen LogP contribution in [0, 0.1) is 0 Å². The van der Waals surface area contributed by atoms with Crippen molar-refractivity contribution in [3.05, 3.63) is 46.4 Å². The molecular formula is C16H19NO6S. The van der Waals surface area contributed by atoms with E-state index in [2.05, 4.69) is 0 Å². The summed E-state index contributed by atoms with van der Waals surface area (Å²) >= 11 is 0. The zero-order valence-electron chi connectivity index (χ0n) is 13.9. The summed E-state index contributed by atoms with van der Waals surface area (Å²) in [4.78, 5) is 11.5. The minimum absolute atomic E-state index is 0.0501. The number of methoxy groups -OCH3 is 2. The van der Waals surface area contributed by atoms with Crippen molar-refractivity contribution in [1.29, 1.82) is 0 Å². The second-order valence-electron chi connectivity index (χ2n) is 5.02. The van der Waals surface area contributed by atoms with Crippen LogP contribution in [0.25, 0.3) is 0 Å². The van der Waals surface area contributed by atoms with E-state index >= 15 is 0 Å². The molecule has 0 amide bonds. The van der Waals surface area contributed by atoms with Crippen molar-refractivity contribution in [3.63, 3.8) is 0 Å². The first-order valence-electron chi connectivity index (χ1n) is 7.18. The summed E-state index contributed by atoms with van der Waals surface area (Å²) in [6, 6.07) is 5.31. The maximum absolute atomic E-state index is 12.5. The molecule has 7 nitrogen and oxygen atoms in total. The van der Waals surface area contributed by atoms with Gasteiger partial charge in [0.1, 0.15) is 10.6 Å². The highest BCUT2D eigenvalue weighted by Gasteiger charge is 2.22. The predicted molar refractivity (Wildman–Crippen MR) is 88.4 cm³/mol. The Morgan fingerprint density at radius 1 is 1.12 bits per heavy atom. The third kappa shape index (κ3) is 3.53. The van der Waals surface area contributed by atoms with Crippen LogP contribution in [0.3, 0.4) is 0 Å². The number of aryl methyl sites for hydroxylation is 2. The van der Waals surface area contributed by atoms with E-state index in [1.807, 2.05) is 6.92 Å². The van der Waals surface area contributed by atoms with E-state index < -0.39 is 10.1 Å². The highest BCUT2D eigenvalue weighted by molar-refractivity contribution is 7.87. The molecule has 0 saturated heterocycles. The van der Waals surface area contributed by atoms with Crippen molar-refractivity contribution >= 4 is 10.1 Å². The molecule has 8 heteroatoms. The molecule has 0 aliphatic rings. The molecule has 130 valence electrons. The van der Waals surface area contributed by atoms with Gasteiger partial charge in [-0.2, -0.15) is 8.42 Å². The summed E-state index contributed by atoms with van der Waals surface area (Å²) in [5, 5.41) is 0. The molecule has 2 aromatic rings. The summed E-state index contributed by atoms with van der Waals surface area (Å²) in [6.45, 7) is 1.87. The first-order chi connectivity index (χ1) is 11.3. The summed E-state index contributed by atoms with van der Waals surface area (Å²) in [5.74, 6) is 0.724. The van der Waals surface area contributed by atoms with Crippen molar-refractivity contribution in [2.75, 3.05) is 14.2 Å². The number of aromatic nitrogens is 1. The Kier molecular flexibility index (Phi) is 5.18. The Labute approximate surface area is 140 Å². The Morgan fingerprint density at radius 2 is 1.83 bits per heavy atom. The topological polar surface area (TPSA) is 83.8 Å². The van der Waals surface area contributed by atoms with Crippen molar-refractivity contribution in [3.8, 4) is 17.2 Å². The van der Waals surface area contributed by atoms with Crippen LogP contribution >= 0.6 is 0 Å². The van der Waals surface area contributed by atoms with Crippen LogP contribution in [-0.4, -0.2) is 27.2 Å². The van der Waals surface area contributed by atoms with E-state index in [-0.39, 0.29) is 16.2 Å². The number of ether oxygens (including phenoxy) is 2. The molecule has 0 unspecified atom stereocenters. The zero-order valence-corrected chi connectivity index (χ0v) is 14.7. The van der Waals surface area contributed by atoms with Gasteiger partial charge in [0, 0.05) is 25.4 Å². The third-order valence-electron chi connectivity index (χ3n) is 3.48. The lowest BCUT2D eigenvalue weighted by molar-refractivity contribution is 0.350. The second-order valence-corrected chi connectivity index (χ2v) is 6.57. The Hall–Kier alpha value is -2.48. The van der Waals surface area contributed by atoms with Gasteiger partial charge in [-0.15, -0.1) is 0 Å². The van der Waals surface area contributed by atoms with E-state index in [9.17, 15) is 13.2 Å². The summed E-state index contributed by atoms with van der Waals surface area (Å²) in [7, 11) is 0.355. The highest BCUT2D eigenvalue weighted by atomic mass is 32.2. The van der Waals surface area contributed by atoms with Gasteiger partial charge in [0.05, 0.1) is 14.2 Å². The minimum atomic E-state index is -4.12. The maximum Gasteiger partial charge on any atom is 0.339 e. The SMILES string of the molecule is CCc1cc(S(=O)(=O)Oc2ccn(C)c(=O)c2)cc(OC)c1OC. The lowest BCUT2D eigenvalue weighted by Crippen LogP contribution is -2.17. The molecule has 0 aliphatic heterocycles. The molecular weight excluding hydrogens is 334 g/mol. The average Bonchev–Trinajstić information content (AvgIpc) is 2.56. The fraction of sp³-hybridized carbons (Fsp3) is 0.312. The summed E-state index contributed by atoms with van der Waals surface area (Å²) in [6.07, 6.45) is 1.98. The fourth-order valence-electron chi connectivity index (χ4n) is 2.18. The third-order valence-corrected chi connectivity index (χ3v) is 4.71. The van der Waals surface area contributed by atoms with Gasteiger partial charge < -0.3 is 18.2 Å². The first-order valence-corrected chi connectivity index (χ1v) is 8.59. The lowest BCUT2D eigenvalue weighted by Gasteiger charge is -2.14. The van der Waals surface area contributed by atoms with Gasteiger partial charge in [0.2, 0.25) is 0 Å². The molecule has 1 aromatic carbocycles. The molecule has 0 bridgehead atoms. The molecule has 1 aromatic heterocycles. The Balaban J connectivity index is 2.48. The van der Waals surface area contributed by atoms with Crippen molar-refractivity contribution in [2.24, 2.45) is 7.05 Å². The van der Waals surface area contributed by atoms with Gasteiger partial charge in [-0.05, 0) is 24.1 Å². The maximum atomic E-state index is 12.5. The number of hydrogen-bond acceptors (Lipinski definition) is 6. The standard InChI is InChI=1S/C16H19NO6S/c1-5-11-8-13(10-14(21-3)16(11)22-4)24(19,20)23-12-6-7-17(2)15(18)9-12/h6-10H,5H2,1-4H3. The average molecular weight is 353 g/mol. The summed E-state index contributed by atoms with van der Waals surface area (Å²) in [5.41, 5.74) is 0.298. The molecule has 24 heavy (non-hydrogen) atoms. The van der Waals surface area contributed by atoms with Crippen LogP contribution in [0.15, 0.2) is 40.2 Å². The van der Waals surface area contributed by atoms with Gasteiger partial charge in [-0.3, -0.25) is 4.79 Å². The lowest BCUT2D eigenvalue weighted by atomic mass is 10.1.